The van der Waals surface area contributed by atoms with Crippen LogP contribution in [-0.4, -0.2) is 18.2 Å². The Morgan fingerprint density at radius 2 is 2.00 bits per heavy atom. The summed E-state index contributed by atoms with van der Waals surface area (Å²) >= 11 is 8.21. The van der Waals surface area contributed by atoms with Crippen LogP contribution in [0.25, 0.3) is 0 Å². The summed E-state index contributed by atoms with van der Waals surface area (Å²) in [5, 5.41) is 0. The minimum Gasteiger partial charge on any atom is -0.307 e. The smallest absolute Gasteiger partial charge is 0.268 e. The number of anilines is 1. The molecule has 0 spiro atoms. The van der Waals surface area contributed by atoms with Crippen LogP contribution < -0.4 is 4.90 Å². The van der Waals surface area contributed by atoms with Gasteiger partial charge in [-0.1, -0.05) is 12.1 Å². The fraction of sp³-hybridized carbons (Fsp3) is 0.200. The number of para-hydroxylation sites is 1. The van der Waals surface area contributed by atoms with E-state index in [2.05, 4.69) is 31.9 Å². The zero-order chi connectivity index (χ0) is 15.0. The van der Waals surface area contributed by atoms with Gasteiger partial charge in [-0.05, 0) is 56.5 Å². The first-order chi connectivity index (χ1) is 10.1. The van der Waals surface area contributed by atoms with Crippen molar-refractivity contribution in [2.24, 2.45) is 0 Å². The quantitative estimate of drug-likeness (QED) is 0.647. The van der Waals surface area contributed by atoms with Gasteiger partial charge in [0.25, 0.3) is 5.91 Å². The molecule has 3 nitrogen and oxygen atoms in total. The van der Waals surface area contributed by atoms with E-state index in [1.165, 1.54) is 11.3 Å². The van der Waals surface area contributed by atoms with Crippen LogP contribution >= 0.6 is 43.2 Å². The molecular formula is C15H11Br2NO2S. The molecule has 0 N–H and O–H groups in total. The molecule has 0 aliphatic carbocycles. The van der Waals surface area contributed by atoms with E-state index in [1.807, 2.05) is 24.3 Å². The first-order valence-corrected chi connectivity index (χ1v) is 8.87. The van der Waals surface area contributed by atoms with Gasteiger partial charge in [-0.2, -0.15) is 0 Å². The molecule has 0 saturated heterocycles. The highest BCUT2D eigenvalue weighted by Crippen LogP contribution is 2.35. The summed E-state index contributed by atoms with van der Waals surface area (Å²) < 4.78 is 1.76. The first kappa shape index (κ1) is 14.9. The normalized spacial score (nSPS) is 14.8. The second-order valence-electron chi connectivity index (χ2n) is 4.73. The van der Waals surface area contributed by atoms with Crippen molar-refractivity contribution in [1.82, 2.24) is 0 Å². The van der Waals surface area contributed by atoms with E-state index in [4.69, 9.17) is 0 Å². The van der Waals surface area contributed by atoms with Crippen LogP contribution in [0.2, 0.25) is 0 Å². The van der Waals surface area contributed by atoms with Crippen LogP contribution in [0.4, 0.5) is 5.69 Å². The van der Waals surface area contributed by atoms with Gasteiger partial charge in [-0.3, -0.25) is 9.59 Å². The maximum atomic E-state index is 12.8. The molecule has 1 amide bonds. The lowest BCUT2D eigenvalue weighted by Gasteiger charge is -2.21. The number of halogens is 2. The van der Waals surface area contributed by atoms with Crippen molar-refractivity contribution in [3.63, 3.8) is 0 Å². The molecule has 1 aliphatic rings. The summed E-state index contributed by atoms with van der Waals surface area (Å²) in [5.74, 6) is 0.0444. The Hall–Kier alpha value is -0.980. The fourth-order valence-electron chi connectivity index (χ4n) is 2.39. The van der Waals surface area contributed by atoms with Crippen LogP contribution in [0.3, 0.4) is 0 Å². The maximum absolute atomic E-state index is 12.8. The second-order valence-corrected chi connectivity index (χ2v) is 7.96. The number of ketones is 1. The highest BCUT2D eigenvalue weighted by atomic mass is 79.9. The summed E-state index contributed by atoms with van der Waals surface area (Å²) in [4.78, 5) is 27.3. The van der Waals surface area contributed by atoms with E-state index in [0.29, 0.717) is 35.5 Å². The third-order valence-electron chi connectivity index (χ3n) is 3.38. The van der Waals surface area contributed by atoms with Crippen LogP contribution in [0, 0.1) is 0 Å². The third-order valence-corrected chi connectivity index (χ3v) is 6.63. The number of carbonyl (C=O) groups is 2. The molecule has 1 aromatic heterocycles. The lowest BCUT2D eigenvalue weighted by atomic mass is 10.1. The molecule has 6 heteroatoms. The highest BCUT2D eigenvalue weighted by Gasteiger charge is 2.26. The SMILES string of the molecule is O=C1CCCN(C(=O)c2cc(Br)c(Br)s2)c2ccccc21. The molecule has 0 atom stereocenters. The molecule has 0 saturated carbocycles. The fourth-order valence-corrected chi connectivity index (χ4v) is 4.38. The standard InChI is InChI=1S/C15H11Br2NO2S/c16-10-8-13(21-14(10)17)15(20)18-7-3-6-12(19)9-4-1-2-5-11(9)18/h1-2,4-5,8H,3,6-7H2. The van der Waals surface area contributed by atoms with Crippen molar-refractivity contribution in [3.05, 3.63) is 49.0 Å². The Morgan fingerprint density at radius 1 is 1.24 bits per heavy atom. The van der Waals surface area contributed by atoms with Gasteiger partial charge in [0.1, 0.15) is 0 Å². The summed E-state index contributed by atoms with van der Waals surface area (Å²) in [6.45, 7) is 0.564. The van der Waals surface area contributed by atoms with Gasteiger partial charge in [0, 0.05) is 23.0 Å². The number of nitrogens with zero attached hydrogens (tertiary/aromatic N) is 1. The first-order valence-electron chi connectivity index (χ1n) is 6.47. The average Bonchev–Trinajstić information content (AvgIpc) is 2.73. The van der Waals surface area contributed by atoms with Crippen molar-refractivity contribution in [1.29, 1.82) is 0 Å². The Kier molecular flexibility index (Phi) is 4.28. The predicted octanol–water partition coefficient (Wildman–Crippen LogP) is 4.90. The van der Waals surface area contributed by atoms with E-state index in [0.717, 1.165) is 8.26 Å². The number of benzene rings is 1. The number of thiophene rings is 1. The molecule has 1 aliphatic heterocycles. The van der Waals surface area contributed by atoms with Crippen molar-refractivity contribution in [2.45, 2.75) is 12.8 Å². The summed E-state index contributed by atoms with van der Waals surface area (Å²) in [5.41, 5.74) is 1.35. The molecular weight excluding hydrogens is 418 g/mol. The molecule has 1 aromatic carbocycles. The second kappa shape index (κ2) is 6.02. The summed E-state index contributed by atoms with van der Waals surface area (Å²) in [6.07, 6.45) is 1.17. The zero-order valence-corrected chi connectivity index (χ0v) is 14.9. The lowest BCUT2D eigenvalue weighted by Crippen LogP contribution is -2.31. The maximum Gasteiger partial charge on any atom is 0.268 e. The minimum atomic E-state index is -0.0615. The van der Waals surface area contributed by atoms with E-state index in [9.17, 15) is 9.59 Å². The van der Waals surface area contributed by atoms with Gasteiger partial charge in [-0.25, -0.2) is 0 Å². The van der Waals surface area contributed by atoms with Gasteiger partial charge in [0.2, 0.25) is 0 Å². The predicted molar refractivity (Wildman–Crippen MR) is 91.4 cm³/mol. The van der Waals surface area contributed by atoms with Gasteiger partial charge >= 0.3 is 0 Å². The topological polar surface area (TPSA) is 37.4 Å². The Balaban J connectivity index is 2.03. The summed E-state index contributed by atoms with van der Waals surface area (Å²) in [7, 11) is 0. The van der Waals surface area contributed by atoms with Crippen LogP contribution in [0.5, 0.6) is 0 Å². The molecule has 0 radical (unpaired) electrons. The Labute approximate surface area is 143 Å². The van der Waals surface area contributed by atoms with Gasteiger partial charge in [0.15, 0.2) is 5.78 Å². The molecule has 0 fully saturated rings. The third kappa shape index (κ3) is 2.84. The number of rotatable bonds is 1. The van der Waals surface area contributed by atoms with Gasteiger partial charge in [-0.15, -0.1) is 11.3 Å². The number of hydrogen-bond acceptors (Lipinski definition) is 3. The minimum absolute atomic E-state index is 0.0615. The average molecular weight is 429 g/mol. The number of Topliss-reactive ketones (excluding diaryl/α,β-unsaturated/α-hetero) is 1. The van der Waals surface area contributed by atoms with Crippen molar-refractivity contribution in [2.75, 3.05) is 11.4 Å². The monoisotopic (exact) mass is 427 g/mol. The van der Waals surface area contributed by atoms with Gasteiger partial charge < -0.3 is 4.90 Å². The van der Waals surface area contributed by atoms with Crippen LogP contribution in [0.1, 0.15) is 32.9 Å². The molecule has 108 valence electrons. The van der Waals surface area contributed by atoms with E-state index >= 15 is 0 Å². The van der Waals surface area contributed by atoms with Crippen molar-refractivity contribution < 1.29 is 9.59 Å². The molecule has 2 aromatic rings. The van der Waals surface area contributed by atoms with Crippen molar-refractivity contribution in [3.8, 4) is 0 Å². The molecule has 21 heavy (non-hydrogen) atoms. The van der Waals surface area contributed by atoms with Crippen LogP contribution in [-0.2, 0) is 0 Å². The van der Waals surface area contributed by atoms with E-state index in [1.54, 1.807) is 11.0 Å². The highest BCUT2D eigenvalue weighted by molar-refractivity contribution is 9.13. The number of amides is 1. The molecule has 0 bridgehead atoms. The Morgan fingerprint density at radius 3 is 2.71 bits per heavy atom. The zero-order valence-electron chi connectivity index (χ0n) is 10.9. The van der Waals surface area contributed by atoms with Crippen LogP contribution in [0.15, 0.2) is 38.6 Å². The summed E-state index contributed by atoms with van der Waals surface area (Å²) in [6, 6.07) is 9.14. The largest absolute Gasteiger partial charge is 0.307 e. The molecule has 3 rings (SSSR count). The number of carbonyl (C=O) groups excluding carboxylic acids is 2. The van der Waals surface area contributed by atoms with E-state index in [-0.39, 0.29) is 11.7 Å². The molecule has 2 heterocycles. The number of fused-ring (bicyclic) bond motifs is 1. The van der Waals surface area contributed by atoms with Gasteiger partial charge in [0.05, 0.1) is 14.4 Å². The number of hydrogen-bond donors (Lipinski definition) is 0. The lowest BCUT2D eigenvalue weighted by molar-refractivity contribution is 0.0975. The van der Waals surface area contributed by atoms with E-state index < -0.39 is 0 Å². The molecule has 0 unspecified atom stereocenters. The Bertz CT molecular complexity index is 707. The van der Waals surface area contributed by atoms with Crippen molar-refractivity contribution >= 4 is 60.6 Å².